The number of hydrogen-bond donors (Lipinski definition) is 0. The van der Waals surface area contributed by atoms with Crippen LogP contribution in [0.5, 0.6) is 0 Å². The Labute approximate surface area is 109 Å². The van der Waals surface area contributed by atoms with E-state index in [1.54, 1.807) is 13.0 Å². The van der Waals surface area contributed by atoms with E-state index in [-0.39, 0.29) is 17.6 Å². The van der Waals surface area contributed by atoms with Crippen LogP contribution in [-0.2, 0) is 9.59 Å². The summed E-state index contributed by atoms with van der Waals surface area (Å²) in [6.07, 6.45) is 0. The Hall–Kier alpha value is -2.04. The van der Waals surface area contributed by atoms with Gasteiger partial charge in [0.05, 0.1) is 0 Å². The monoisotopic (exact) mass is 261 g/mol. The lowest BCUT2D eigenvalue weighted by atomic mass is 9.89. The third kappa shape index (κ3) is 1.41. The van der Waals surface area contributed by atoms with Gasteiger partial charge < -0.3 is 0 Å². The van der Waals surface area contributed by atoms with Gasteiger partial charge in [-0.1, -0.05) is 13.0 Å². The molecular formula is C14H12FNO3. The molecule has 0 radical (unpaired) electrons. The SMILES string of the molecule is CC(=O)N1C(=O)[C@@H](C)[C@H]2c3ccc(F)cc3C(=O)[C@H]21. The Balaban J connectivity index is 2.18. The molecule has 0 saturated carbocycles. The molecule has 1 aliphatic carbocycles. The molecule has 2 aliphatic rings. The Morgan fingerprint density at radius 1 is 1.32 bits per heavy atom. The zero-order valence-electron chi connectivity index (χ0n) is 10.5. The number of benzene rings is 1. The van der Waals surface area contributed by atoms with Gasteiger partial charge in [-0.3, -0.25) is 19.3 Å². The number of rotatable bonds is 0. The van der Waals surface area contributed by atoms with Gasteiger partial charge in [0.25, 0.3) is 0 Å². The van der Waals surface area contributed by atoms with Gasteiger partial charge in [0.15, 0.2) is 5.78 Å². The van der Waals surface area contributed by atoms with Gasteiger partial charge in [0, 0.05) is 24.3 Å². The van der Waals surface area contributed by atoms with Crippen LogP contribution in [0.4, 0.5) is 4.39 Å². The first kappa shape index (κ1) is 12.0. The highest BCUT2D eigenvalue weighted by atomic mass is 19.1. The van der Waals surface area contributed by atoms with Crippen molar-refractivity contribution in [2.45, 2.75) is 25.8 Å². The van der Waals surface area contributed by atoms with Crippen LogP contribution in [0.1, 0.15) is 35.7 Å². The Morgan fingerprint density at radius 3 is 2.63 bits per heavy atom. The summed E-state index contributed by atoms with van der Waals surface area (Å²) in [4.78, 5) is 37.0. The Kier molecular flexibility index (Phi) is 2.36. The third-order valence-electron chi connectivity index (χ3n) is 4.03. The largest absolute Gasteiger partial charge is 0.292 e. The lowest BCUT2D eigenvalue weighted by Crippen LogP contribution is -2.41. The van der Waals surface area contributed by atoms with Crippen molar-refractivity contribution in [2.75, 3.05) is 0 Å². The fourth-order valence-electron chi connectivity index (χ4n) is 3.21. The van der Waals surface area contributed by atoms with Crippen LogP contribution in [0.25, 0.3) is 0 Å². The van der Waals surface area contributed by atoms with Crippen molar-refractivity contribution in [3.8, 4) is 0 Å². The zero-order valence-corrected chi connectivity index (χ0v) is 10.5. The molecule has 4 nitrogen and oxygen atoms in total. The summed E-state index contributed by atoms with van der Waals surface area (Å²) < 4.78 is 13.2. The minimum Gasteiger partial charge on any atom is -0.292 e. The first-order valence-electron chi connectivity index (χ1n) is 6.10. The van der Waals surface area contributed by atoms with Crippen molar-refractivity contribution in [1.29, 1.82) is 0 Å². The topological polar surface area (TPSA) is 54.5 Å². The summed E-state index contributed by atoms with van der Waals surface area (Å²) in [5.41, 5.74) is 0.960. The van der Waals surface area contributed by atoms with Crippen LogP contribution in [-0.4, -0.2) is 28.5 Å². The maximum Gasteiger partial charge on any atom is 0.233 e. The van der Waals surface area contributed by atoms with E-state index in [1.807, 2.05) is 0 Å². The van der Waals surface area contributed by atoms with Crippen LogP contribution in [0.3, 0.4) is 0 Å². The molecule has 2 amide bonds. The van der Waals surface area contributed by atoms with Gasteiger partial charge in [-0.05, 0) is 17.7 Å². The maximum atomic E-state index is 13.2. The van der Waals surface area contributed by atoms with Crippen LogP contribution < -0.4 is 0 Å². The zero-order chi connectivity index (χ0) is 13.9. The Bertz CT molecular complexity index is 625. The number of fused-ring (bicyclic) bond motifs is 3. The van der Waals surface area contributed by atoms with Crippen molar-refractivity contribution in [3.63, 3.8) is 0 Å². The van der Waals surface area contributed by atoms with Gasteiger partial charge in [-0.2, -0.15) is 0 Å². The molecule has 0 N–H and O–H groups in total. The molecule has 1 aliphatic heterocycles. The summed E-state index contributed by atoms with van der Waals surface area (Å²) in [6, 6.07) is 3.21. The summed E-state index contributed by atoms with van der Waals surface area (Å²) in [7, 11) is 0. The number of amides is 2. The predicted molar refractivity (Wildman–Crippen MR) is 64.0 cm³/mol. The molecule has 5 heteroatoms. The van der Waals surface area contributed by atoms with Crippen molar-refractivity contribution in [3.05, 3.63) is 35.1 Å². The summed E-state index contributed by atoms with van der Waals surface area (Å²) >= 11 is 0. The standard InChI is InChI=1S/C14H12FNO3/c1-6-11-9-4-3-8(15)5-10(9)13(18)12(11)16(7(2)17)14(6)19/h3-6,11-12H,1-2H3/t6-,11-,12-/m0/s1. The van der Waals surface area contributed by atoms with Crippen LogP contribution in [0.2, 0.25) is 0 Å². The number of carbonyl (C=O) groups is 3. The Morgan fingerprint density at radius 2 is 2.00 bits per heavy atom. The van der Waals surface area contributed by atoms with Crippen molar-refractivity contribution >= 4 is 17.6 Å². The second-order valence-electron chi connectivity index (χ2n) is 5.08. The van der Waals surface area contributed by atoms with Crippen LogP contribution in [0.15, 0.2) is 18.2 Å². The lowest BCUT2D eigenvalue weighted by molar-refractivity contribution is -0.143. The molecule has 0 spiro atoms. The summed E-state index contributed by atoms with van der Waals surface area (Å²) in [5, 5.41) is 0. The number of carbonyl (C=O) groups excluding carboxylic acids is 3. The van der Waals surface area contributed by atoms with Crippen molar-refractivity contribution in [1.82, 2.24) is 4.90 Å². The highest BCUT2D eigenvalue weighted by Crippen LogP contribution is 2.46. The van der Waals surface area contributed by atoms with E-state index < -0.39 is 23.7 Å². The highest BCUT2D eigenvalue weighted by Gasteiger charge is 2.56. The maximum absolute atomic E-state index is 13.2. The van der Waals surface area contributed by atoms with Crippen LogP contribution >= 0.6 is 0 Å². The van der Waals surface area contributed by atoms with Gasteiger partial charge in [0.1, 0.15) is 11.9 Å². The molecule has 3 atom stereocenters. The fourth-order valence-corrected chi connectivity index (χ4v) is 3.21. The normalized spacial score (nSPS) is 28.6. The average molecular weight is 261 g/mol. The van der Waals surface area contributed by atoms with E-state index >= 15 is 0 Å². The molecule has 3 rings (SSSR count). The molecular weight excluding hydrogens is 249 g/mol. The molecule has 98 valence electrons. The second kappa shape index (κ2) is 3.73. The molecule has 19 heavy (non-hydrogen) atoms. The first-order valence-corrected chi connectivity index (χ1v) is 6.10. The minimum atomic E-state index is -0.795. The van der Waals surface area contributed by atoms with E-state index in [4.69, 9.17) is 0 Å². The molecule has 1 fully saturated rings. The number of Topliss-reactive ketones (excluding diaryl/α,β-unsaturated/α-hetero) is 1. The predicted octanol–water partition coefficient (Wildman–Crippen LogP) is 1.50. The first-order chi connectivity index (χ1) is 8.93. The third-order valence-corrected chi connectivity index (χ3v) is 4.03. The number of likely N-dealkylation sites (tertiary alicyclic amines) is 1. The number of imide groups is 1. The molecule has 1 saturated heterocycles. The quantitative estimate of drug-likeness (QED) is 0.711. The van der Waals surface area contributed by atoms with E-state index in [0.717, 1.165) is 4.90 Å². The summed E-state index contributed by atoms with van der Waals surface area (Å²) in [6.45, 7) is 2.97. The van der Waals surface area contributed by atoms with Gasteiger partial charge in [0.2, 0.25) is 11.8 Å². The number of ketones is 1. The average Bonchev–Trinajstić information content (AvgIpc) is 2.76. The summed E-state index contributed by atoms with van der Waals surface area (Å²) in [5.74, 6) is -2.38. The second-order valence-corrected chi connectivity index (χ2v) is 5.08. The van der Waals surface area contributed by atoms with E-state index in [1.165, 1.54) is 19.1 Å². The number of nitrogens with zero attached hydrogens (tertiary/aromatic N) is 1. The number of halogens is 1. The van der Waals surface area contributed by atoms with E-state index in [0.29, 0.717) is 11.1 Å². The van der Waals surface area contributed by atoms with E-state index in [9.17, 15) is 18.8 Å². The number of hydrogen-bond acceptors (Lipinski definition) is 3. The van der Waals surface area contributed by atoms with Gasteiger partial charge in [-0.15, -0.1) is 0 Å². The molecule has 1 aromatic carbocycles. The smallest absolute Gasteiger partial charge is 0.233 e. The molecule has 1 heterocycles. The lowest BCUT2D eigenvalue weighted by Gasteiger charge is -2.18. The highest BCUT2D eigenvalue weighted by molar-refractivity contribution is 6.13. The van der Waals surface area contributed by atoms with Crippen molar-refractivity contribution in [2.24, 2.45) is 5.92 Å². The molecule has 1 aromatic rings. The molecule has 0 aromatic heterocycles. The fraction of sp³-hybridized carbons (Fsp3) is 0.357. The molecule has 0 unspecified atom stereocenters. The van der Waals surface area contributed by atoms with Crippen LogP contribution in [0, 0.1) is 11.7 Å². The van der Waals surface area contributed by atoms with Crippen molar-refractivity contribution < 1.29 is 18.8 Å². The minimum absolute atomic E-state index is 0.292. The molecule has 0 bridgehead atoms. The van der Waals surface area contributed by atoms with E-state index in [2.05, 4.69) is 0 Å². The van der Waals surface area contributed by atoms with Gasteiger partial charge in [-0.25, -0.2) is 4.39 Å². The van der Waals surface area contributed by atoms with Gasteiger partial charge >= 0.3 is 0 Å².